The fourth-order valence-corrected chi connectivity index (χ4v) is 2.76. The van der Waals surface area contributed by atoms with Crippen LogP contribution in [0.2, 0.25) is 5.02 Å². The zero-order valence-corrected chi connectivity index (χ0v) is 12.9. The standard InChI is InChI=1S/C14H15BrClN3/c1-9-2-3-12(13(16)4-9)14(19-17)6-10-5-11(15)8-18-7-10/h2-5,7-8,14,19H,6,17H2,1H3. The first-order chi connectivity index (χ1) is 9.10. The third-order valence-corrected chi connectivity index (χ3v) is 3.69. The fraction of sp³-hybridized carbons (Fsp3) is 0.214. The molecule has 0 radical (unpaired) electrons. The van der Waals surface area contributed by atoms with Crippen LogP contribution in [0.4, 0.5) is 0 Å². The topological polar surface area (TPSA) is 50.9 Å². The monoisotopic (exact) mass is 339 g/mol. The van der Waals surface area contributed by atoms with Crippen LogP contribution >= 0.6 is 27.5 Å². The summed E-state index contributed by atoms with van der Waals surface area (Å²) in [4.78, 5) is 4.15. The number of rotatable bonds is 4. The Balaban J connectivity index is 2.25. The number of aromatic nitrogens is 1. The molecule has 100 valence electrons. The molecule has 1 atom stereocenters. The number of nitrogens with two attached hydrogens (primary N) is 1. The van der Waals surface area contributed by atoms with Gasteiger partial charge in [0.1, 0.15) is 0 Å². The van der Waals surface area contributed by atoms with E-state index in [0.717, 1.165) is 32.6 Å². The Morgan fingerprint density at radius 3 is 2.79 bits per heavy atom. The molecule has 1 heterocycles. The van der Waals surface area contributed by atoms with Crippen molar-refractivity contribution >= 4 is 27.5 Å². The second kappa shape index (κ2) is 6.48. The van der Waals surface area contributed by atoms with Gasteiger partial charge in [-0.3, -0.25) is 16.3 Å². The van der Waals surface area contributed by atoms with E-state index in [4.69, 9.17) is 17.4 Å². The average molecular weight is 341 g/mol. The molecule has 3 nitrogen and oxygen atoms in total. The molecule has 0 aliphatic carbocycles. The van der Waals surface area contributed by atoms with Crippen LogP contribution in [0.1, 0.15) is 22.7 Å². The van der Waals surface area contributed by atoms with E-state index in [1.807, 2.05) is 37.4 Å². The van der Waals surface area contributed by atoms with Crippen molar-refractivity contribution in [2.75, 3.05) is 0 Å². The van der Waals surface area contributed by atoms with E-state index in [2.05, 4.69) is 26.3 Å². The maximum Gasteiger partial charge on any atom is 0.0515 e. The summed E-state index contributed by atoms with van der Waals surface area (Å²) in [6.07, 6.45) is 4.32. The van der Waals surface area contributed by atoms with Crippen LogP contribution in [0.5, 0.6) is 0 Å². The summed E-state index contributed by atoms with van der Waals surface area (Å²) >= 11 is 9.69. The molecular formula is C14H15BrClN3. The van der Waals surface area contributed by atoms with E-state index in [0.29, 0.717) is 0 Å². The lowest BCUT2D eigenvalue weighted by atomic mass is 9.99. The van der Waals surface area contributed by atoms with Crippen molar-refractivity contribution in [3.8, 4) is 0 Å². The quantitative estimate of drug-likeness (QED) is 0.661. The molecule has 2 aromatic rings. The van der Waals surface area contributed by atoms with Gasteiger partial charge >= 0.3 is 0 Å². The average Bonchev–Trinajstić information content (AvgIpc) is 2.37. The fourth-order valence-electron chi connectivity index (χ4n) is 1.98. The molecule has 0 spiro atoms. The number of pyridine rings is 1. The third kappa shape index (κ3) is 3.76. The van der Waals surface area contributed by atoms with Crippen LogP contribution in [-0.2, 0) is 6.42 Å². The van der Waals surface area contributed by atoms with E-state index in [9.17, 15) is 0 Å². The summed E-state index contributed by atoms with van der Waals surface area (Å²) in [6, 6.07) is 7.97. The summed E-state index contributed by atoms with van der Waals surface area (Å²) in [7, 11) is 0. The molecule has 5 heteroatoms. The molecule has 0 saturated heterocycles. The summed E-state index contributed by atoms with van der Waals surface area (Å²) < 4.78 is 0.954. The number of nitrogens with one attached hydrogen (secondary N) is 1. The van der Waals surface area contributed by atoms with E-state index in [-0.39, 0.29) is 6.04 Å². The van der Waals surface area contributed by atoms with Gasteiger partial charge in [0.15, 0.2) is 0 Å². The molecule has 0 aliphatic heterocycles. The highest BCUT2D eigenvalue weighted by atomic mass is 79.9. The lowest BCUT2D eigenvalue weighted by Crippen LogP contribution is -2.29. The smallest absolute Gasteiger partial charge is 0.0515 e. The van der Waals surface area contributed by atoms with E-state index in [1.165, 1.54) is 0 Å². The van der Waals surface area contributed by atoms with E-state index >= 15 is 0 Å². The second-order valence-corrected chi connectivity index (χ2v) is 5.78. The van der Waals surface area contributed by atoms with Crippen molar-refractivity contribution in [2.45, 2.75) is 19.4 Å². The zero-order valence-electron chi connectivity index (χ0n) is 10.5. The molecule has 1 unspecified atom stereocenters. The highest BCUT2D eigenvalue weighted by Crippen LogP contribution is 2.26. The Morgan fingerprint density at radius 1 is 1.37 bits per heavy atom. The molecule has 1 aromatic heterocycles. The Labute approximate surface area is 126 Å². The van der Waals surface area contributed by atoms with Gasteiger partial charge in [0.05, 0.1) is 6.04 Å². The van der Waals surface area contributed by atoms with Crippen LogP contribution in [-0.4, -0.2) is 4.98 Å². The van der Waals surface area contributed by atoms with Gasteiger partial charge in [-0.1, -0.05) is 23.7 Å². The first-order valence-corrected chi connectivity index (χ1v) is 7.09. The molecule has 2 rings (SSSR count). The van der Waals surface area contributed by atoms with Gasteiger partial charge in [-0.25, -0.2) is 0 Å². The number of hydrazine groups is 1. The maximum atomic E-state index is 6.28. The van der Waals surface area contributed by atoms with Crippen LogP contribution in [0.3, 0.4) is 0 Å². The Hall–Kier alpha value is -0.940. The molecule has 0 saturated carbocycles. The molecule has 3 N–H and O–H groups in total. The van der Waals surface area contributed by atoms with Crippen LogP contribution in [0, 0.1) is 6.92 Å². The van der Waals surface area contributed by atoms with Gasteiger partial charge in [0.25, 0.3) is 0 Å². The van der Waals surface area contributed by atoms with E-state index < -0.39 is 0 Å². The van der Waals surface area contributed by atoms with Gasteiger partial charge in [-0.15, -0.1) is 0 Å². The third-order valence-electron chi connectivity index (χ3n) is 2.93. The summed E-state index contributed by atoms with van der Waals surface area (Å²) in [5.41, 5.74) is 6.04. The van der Waals surface area contributed by atoms with Crippen molar-refractivity contribution in [3.05, 3.63) is 62.8 Å². The largest absolute Gasteiger partial charge is 0.271 e. The van der Waals surface area contributed by atoms with Gasteiger partial charge in [-0.05, 0) is 58.1 Å². The molecule has 0 bridgehead atoms. The van der Waals surface area contributed by atoms with Gasteiger partial charge in [0.2, 0.25) is 0 Å². The van der Waals surface area contributed by atoms with Gasteiger partial charge in [0, 0.05) is 21.9 Å². The first kappa shape index (κ1) is 14.5. The minimum atomic E-state index is -0.0378. The number of aryl methyl sites for hydroxylation is 1. The molecular weight excluding hydrogens is 326 g/mol. The summed E-state index contributed by atoms with van der Waals surface area (Å²) in [5.74, 6) is 5.66. The van der Waals surface area contributed by atoms with Crippen LogP contribution in [0.25, 0.3) is 0 Å². The predicted molar refractivity (Wildman–Crippen MR) is 81.9 cm³/mol. The summed E-state index contributed by atoms with van der Waals surface area (Å²) in [5, 5.41) is 0.728. The molecule has 1 aromatic carbocycles. The Bertz CT molecular complexity index is 574. The van der Waals surface area contributed by atoms with Crippen LogP contribution < -0.4 is 11.3 Å². The molecule has 19 heavy (non-hydrogen) atoms. The van der Waals surface area contributed by atoms with Crippen LogP contribution in [0.15, 0.2) is 41.1 Å². The lowest BCUT2D eigenvalue weighted by Gasteiger charge is -2.18. The number of benzene rings is 1. The van der Waals surface area contributed by atoms with E-state index in [1.54, 1.807) is 6.20 Å². The van der Waals surface area contributed by atoms with Gasteiger partial charge in [-0.2, -0.15) is 0 Å². The minimum absolute atomic E-state index is 0.0378. The minimum Gasteiger partial charge on any atom is -0.271 e. The maximum absolute atomic E-state index is 6.28. The molecule has 0 fully saturated rings. The SMILES string of the molecule is Cc1ccc(C(Cc2cncc(Br)c2)NN)c(Cl)c1. The van der Waals surface area contributed by atoms with Crippen molar-refractivity contribution in [1.29, 1.82) is 0 Å². The van der Waals surface area contributed by atoms with Crippen molar-refractivity contribution in [2.24, 2.45) is 5.84 Å². The number of halogens is 2. The normalized spacial score (nSPS) is 12.4. The Morgan fingerprint density at radius 2 is 2.16 bits per heavy atom. The Kier molecular flexibility index (Phi) is 4.93. The molecule has 0 amide bonds. The first-order valence-electron chi connectivity index (χ1n) is 5.91. The summed E-state index contributed by atoms with van der Waals surface area (Å²) in [6.45, 7) is 2.01. The van der Waals surface area contributed by atoms with Crippen molar-refractivity contribution in [3.63, 3.8) is 0 Å². The second-order valence-electron chi connectivity index (χ2n) is 4.46. The number of hydrogen-bond donors (Lipinski definition) is 2. The highest BCUT2D eigenvalue weighted by molar-refractivity contribution is 9.10. The van der Waals surface area contributed by atoms with Gasteiger partial charge < -0.3 is 0 Å². The number of hydrogen-bond acceptors (Lipinski definition) is 3. The van der Waals surface area contributed by atoms with Crippen molar-refractivity contribution < 1.29 is 0 Å². The number of nitrogens with zero attached hydrogens (tertiary/aromatic N) is 1. The predicted octanol–water partition coefficient (Wildman–Crippen LogP) is 3.55. The van der Waals surface area contributed by atoms with Crippen molar-refractivity contribution in [1.82, 2.24) is 10.4 Å². The molecule has 0 aliphatic rings. The lowest BCUT2D eigenvalue weighted by molar-refractivity contribution is 0.551. The highest BCUT2D eigenvalue weighted by Gasteiger charge is 2.14. The zero-order chi connectivity index (χ0) is 13.8.